The summed E-state index contributed by atoms with van der Waals surface area (Å²) < 4.78 is 16.5. The van der Waals surface area contributed by atoms with Crippen molar-refractivity contribution in [2.75, 3.05) is 21.3 Å². The maximum atomic E-state index is 12.5. The van der Waals surface area contributed by atoms with Crippen LogP contribution in [0, 0.1) is 6.92 Å². The van der Waals surface area contributed by atoms with Crippen LogP contribution in [0.1, 0.15) is 15.9 Å². The van der Waals surface area contributed by atoms with Crippen LogP contribution in [-0.2, 0) is 0 Å². The molecule has 3 rings (SSSR count). The molecule has 9 heteroatoms. The maximum Gasteiger partial charge on any atom is 0.295 e. The van der Waals surface area contributed by atoms with Gasteiger partial charge in [0.15, 0.2) is 17.2 Å². The molecule has 8 nitrogen and oxygen atoms in total. The molecule has 0 aliphatic heterocycles. The molecule has 0 atom stereocenters. The maximum absolute atomic E-state index is 12.5. The van der Waals surface area contributed by atoms with Crippen molar-refractivity contribution in [1.29, 1.82) is 0 Å². The Labute approximate surface area is 169 Å². The molecule has 28 heavy (non-hydrogen) atoms. The number of aromatic amines is 1. The van der Waals surface area contributed by atoms with Crippen LogP contribution in [0.5, 0.6) is 23.1 Å². The van der Waals surface area contributed by atoms with Crippen molar-refractivity contribution in [2.24, 2.45) is 10.2 Å². The van der Waals surface area contributed by atoms with Gasteiger partial charge in [0.25, 0.3) is 5.91 Å². The van der Waals surface area contributed by atoms with Crippen molar-refractivity contribution >= 4 is 38.4 Å². The molecule has 0 spiro atoms. The molecule has 3 aromatic rings. The zero-order valence-electron chi connectivity index (χ0n) is 15.7. The molecule has 146 valence electrons. The monoisotopic (exact) mass is 447 g/mol. The summed E-state index contributed by atoms with van der Waals surface area (Å²) in [7, 11) is 4.38. The van der Waals surface area contributed by atoms with Gasteiger partial charge < -0.3 is 24.3 Å². The summed E-state index contributed by atoms with van der Waals surface area (Å²) in [5.41, 5.74) is 2.01. The number of amides is 1. The number of carbonyl (C=O) groups is 1. The molecule has 1 amide bonds. The second-order valence-electron chi connectivity index (χ2n) is 5.91. The molecule has 0 radical (unpaired) electrons. The second-order valence-corrected chi connectivity index (χ2v) is 6.77. The number of H-pyrrole nitrogens is 1. The van der Waals surface area contributed by atoms with E-state index in [1.54, 1.807) is 0 Å². The molecular weight excluding hydrogens is 430 g/mol. The number of rotatable bonds is 5. The summed E-state index contributed by atoms with van der Waals surface area (Å²) in [5.74, 6) is 0.223. The predicted octanol–water partition coefficient (Wildman–Crippen LogP) is 4.89. The standard InChI is InChI=1S/C19H18BrN3O5/c1-9-5-11-15(12(20)6-9)21-19(25)16(11)22-23-18(24)10-7-13(26-2)17(28-4)14(8-10)27-3/h5-8,21,25H,1-4H3. The zero-order valence-corrected chi connectivity index (χ0v) is 17.2. The molecule has 1 heterocycles. The van der Waals surface area contributed by atoms with Crippen LogP contribution in [0.15, 0.2) is 39.0 Å². The Morgan fingerprint density at radius 3 is 2.29 bits per heavy atom. The van der Waals surface area contributed by atoms with Crippen LogP contribution in [-0.4, -0.2) is 37.3 Å². The average Bonchev–Trinajstić information content (AvgIpc) is 3.00. The topological polar surface area (TPSA) is 106 Å². The van der Waals surface area contributed by atoms with E-state index < -0.39 is 5.91 Å². The number of nitrogens with zero attached hydrogens (tertiary/aromatic N) is 2. The Hall–Kier alpha value is -3.07. The fraction of sp³-hybridized carbons (Fsp3) is 0.211. The SMILES string of the molecule is COc1cc(C(=O)N=Nc2c(O)[nH]c3c(Br)cc(C)cc23)cc(OC)c1OC. The van der Waals surface area contributed by atoms with Gasteiger partial charge >= 0.3 is 0 Å². The minimum atomic E-state index is -0.625. The summed E-state index contributed by atoms with van der Waals surface area (Å²) >= 11 is 3.44. The van der Waals surface area contributed by atoms with Crippen molar-refractivity contribution in [3.8, 4) is 23.1 Å². The van der Waals surface area contributed by atoms with E-state index in [2.05, 4.69) is 31.1 Å². The highest BCUT2D eigenvalue weighted by atomic mass is 79.9. The first-order valence-corrected chi connectivity index (χ1v) is 8.95. The number of aromatic nitrogens is 1. The van der Waals surface area contributed by atoms with E-state index in [-0.39, 0.29) is 17.1 Å². The van der Waals surface area contributed by atoms with E-state index in [9.17, 15) is 9.90 Å². The second kappa shape index (κ2) is 7.89. The Kier molecular flexibility index (Phi) is 5.55. The number of fused-ring (bicyclic) bond motifs is 1. The molecule has 0 saturated heterocycles. The lowest BCUT2D eigenvalue weighted by Gasteiger charge is -2.12. The van der Waals surface area contributed by atoms with Gasteiger partial charge in [-0.2, -0.15) is 0 Å². The summed E-state index contributed by atoms with van der Waals surface area (Å²) in [4.78, 5) is 15.4. The number of aromatic hydroxyl groups is 1. The number of hydrogen-bond acceptors (Lipinski definition) is 6. The fourth-order valence-corrected chi connectivity index (χ4v) is 3.49. The molecule has 0 aliphatic carbocycles. The molecule has 0 aliphatic rings. The van der Waals surface area contributed by atoms with E-state index in [4.69, 9.17) is 14.2 Å². The van der Waals surface area contributed by atoms with Gasteiger partial charge in [-0.3, -0.25) is 4.79 Å². The minimum absolute atomic E-state index is 0.178. The van der Waals surface area contributed by atoms with Gasteiger partial charge in [0.1, 0.15) is 0 Å². The molecule has 2 aromatic carbocycles. The zero-order chi connectivity index (χ0) is 20.4. The summed E-state index contributed by atoms with van der Waals surface area (Å²) in [6.07, 6.45) is 0. The number of aryl methyl sites for hydroxylation is 1. The van der Waals surface area contributed by atoms with Crippen molar-refractivity contribution in [3.63, 3.8) is 0 Å². The van der Waals surface area contributed by atoms with Crippen LogP contribution in [0.2, 0.25) is 0 Å². The van der Waals surface area contributed by atoms with Crippen LogP contribution in [0.25, 0.3) is 10.9 Å². The first kappa shape index (κ1) is 19.7. The van der Waals surface area contributed by atoms with Crippen LogP contribution in [0.4, 0.5) is 5.69 Å². The lowest BCUT2D eigenvalue weighted by atomic mass is 10.1. The Bertz CT molecular complexity index is 1070. The number of nitrogens with one attached hydrogen (secondary N) is 1. The highest BCUT2D eigenvalue weighted by Gasteiger charge is 2.18. The number of halogens is 1. The van der Waals surface area contributed by atoms with E-state index in [0.29, 0.717) is 28.2 Å². The lowest BCUT2D eigenvalue weighted by molar-refractivity contribution is 0.0994. The molecule has 0 unspecified atom stereocenters. The van der Waals surface area contributed by atoms with Crippen molar-refractivity contribution in [3.05, 3.63) is 39.9 Å². The lowest BCUT2D eigenvalue weighted by Crippen LogP contribution is -2.00. The number of hydrogen-bond donors (Lipinski definition) is 2. The molecule has 0 bridgehead atoms. The number of benzene rings is 2. The Morgan fingerprint density at radius 2 is 1.71 bits per heavy atom. The van der Waals surface area contributed by atoms with Gasteiger partial charge in [0.05, 0.1) is 32.4 Å². The van der Waals surface area contributed by atoms with E-state index in [1.165, 1.54) is 33.5 Å². The molecular formula is C19H18BrN3O5. The molecule has 1 aromatic heterocycles. The average molecular weight is 448 g/mol. The summed E-state index contributed by atoms with van der Waals surface area (Å²) in [6, 6.07) is 6.71. The van der Waals surface area contributed by atoms with Gasteiger partial charge in [-0.25, -0.2) is 0 Å². The summed E-state index contributed by atoms with van der Waals surface area (Å²) in [6.45, 7) is 1.91. The molecule has 0 saturated carbocycles. The highest BCUT2D eigenvalue weighted by Crippen LogP contribution is 2.40. The normalized spacial score (nSPS) is 11.2. The third-order valence-corrected chi connectivity index (χ3v) is 4.74. The Balaban J connectivity index is 2.01. The number of azo groups is 1. The summed E-state index contributed by atoms with van der Waals surface area (Å²) in [5, 5.41) is 18.5. The van der Waals surface area contributed by atoms with E-state index in [0.717, 1.165) is 10.0 Å². The molecule has 0 fully saturated rings. The van der Waals surface area contributed by atoms with Crippen molar-refractivity contribution < 1.29 is 24.1 Å². The van der Waals surface area contributed by atoms with Crippen LogP contribution >= 0.6 is 15.9 Å². The Morgan fingerprint density at radius 1 is 1.07 bits per heavy atom. The fourth-order valence-electron chi connectivity index (χ4n) is 2.82. The van der Waals surface area contributed by atoms with Crippen LogP contribution in [0.3, 0.4) is 0 Å². The first-order valence-electron chi connectivity index (χ1n) is 8.16. The smallest absolute Gasteiger partial charge is 0.295 e. The van der Waals surface area contributed by atoms with Crippen molar-refractivity contribution in [1.82, 2.24) is 4.98 Å². The predicted molar refractivity (Wildman–Crippen MR) is 107 cm³/mol. The largest absolute Gasteiger partial charge is 0.493 e. The van der Waals surface area contributed by atoms with Crippen LogP contribution < -0.4 is 14.2 Å². The quantitative estimate of drug-likeness (QED) is 0.541. The first-order chi connectivity index (χ1) is 13.4. The third-order valence-electron chi connectivity index (χ3n) is 4.11. The van der Waals surface area contributed by atoms with Gasteiger partial charge in [0, 0.05) is 9.86 Å². The third kappa shape index (κ3) is 3.53. The van der Waals surface area contributed by atoms with Gasteiger partial charge in [-0.05, 0) is 52.7 Å². The van der Waals surface area contributed by atoms with Gasteiger partial charge in [-0.1, -0.05) is 0 Å². The minimum Gasteiger partial charge on any atom is -0.493 e. The highest BCUT2D eigenvalue weighted by molar-refractivity contribution is 9.10. The van der Waals surface area contributed by atoms with Gasteiger partial charge in [-0.15, -0.1) is 10.2 Å². The van der Waals surface area contributed by atoms with Crippen molar-refractivity contribution in [2.45, 2.75) is 6.92 Å². The number of carbonyl (C=O) groups excluding carboxylic acids is 1. The number of ether oxygens (including phenoxy) is 3. The van der Waals surface area contributed by atoms with Gasteiger partial charge in [0.2, 0.25) is 11.6 Å². The van der Waals surface area contributed by atoms with E-state index in [1.807, 2.05) is 19.1 Å². The molecule has 2 N–H and O–H groups in total. The number of methoxy groups -OCH3 is 3. The van der Waals surface area contributed by atoms with E-state index >= 15 is 0 Å².